The van der Waals surface area contributed by atoms with Gasteiger partial charge >= 0.3 is 0 Å². The smallest absolute Gasteiger partial charge is 0.194 e. The van der Waals surface area contributed by atoms with Crippen molar-refractivity contribution in [1.29, 1.82) is 0 Å². The summed E-state index contributed by atoms with van der Waals surface area (Å²) in [4.78, 5) is 7.19. The number of thioether (sulfide) groups is 1. The van der Waals surface area contributed by atoms with Crippen molar-refractivity contribution in [3.63, 3.8) is 0 Å². The van der Waals surface area contributed by atoms with Gasteiger partial charge in [-0.25, -0.2) is 4.99 Å². The molecule has 0 saturated carbocycles. The molecule has 0 aromatic carbocycles. The predicted molar refractivity (Wildman–Crippen MR) is 115 cm³/mol. The van der Waals surface area contributed by atoms with E-state index in [-0.39, 0.29) is 0 Å². The van der Waals surface area contributed by atoms with Crippen LogP contribution in [0.4, 0.5) is 0 Å². The SMILES string of the molecule is COCCCOC1CCN(C(=NCc2nnc(C)n2C)NCCCSC)CC1. The van der Waals surface area contributed by atoms with E-state index in [1.54, 1.807) is 7.11 Å². The van der Waals surface area contributed by atoms with E-state index in [9.17, 15) is 0 Å². The summed E-state index contributed by atoms with van der Waals surface area (Å²) >= 11 is 1.87. The van der Waals surface area contributed by atoms with Crippen molar-refractivity contribution in [3.8, 4) is 0 Å². The van der Waals surface area contributed by atoms with Crippen LogP contribution in [0.5, 0.6) is 0 Å². The van der Waals surface area contributed by atoms with Crippen LogP contribution in [-0.2, 0) is 23.1 Å². The molecule has 1 aliphatic heterocycles. The zero-order valence-electron chi connectivity index (χ0n) is 17.8. The third-order valence-electron chi connectivity index (χ3n) is 4.95. The summed E-state index contributed by atoms with van der Waals surface area (Å²) in [6, 6.07) is 0. The molecular formula is C19H36N6O2S. The fourth-order valence-corrected chi connectivity index (χ4v) is 3.54. The Bertz CT molecular complexity index is 587. The van der Waals surface area contributed by atoms with Crippen LogP contribution in [0.25, 0.3) is 0 Å². The Morgan fingerprint density at radius 3 is 2.68 bits per heavy atom. The number of aromatic nitrogens is 3. The van der Waals surface area contributed by atoms with Gasteiger partial charge in [-0.3, -0.25) is 0 Å². The molecule has 0 aliphatic carbocycles. The quantitative estimate of drug-likeness (QED) is 0.338. The summed E-state index contributed by atoms with van der Waals surface area (Å²) in [5.74, 6) is 3.92. The zero-order valence-corrected chi connectivity index (χ0v) is 18.6. The topological polar surface area (TPSA) is 76.8 Å². The van der Waals surface area contributed by atoms with Crippen LogP contribution < -0.4 is 5.32 Å². The van der Waals surface area contributed by atoms with Gasteiger partial charge in [-0.05, 0) is 44.6 Å². The third kappa shape index (κ3) is 7.60. The molecule has 1 aromatic rings. The van der Waals surface area contributed by atoms with Gasteiger partial charge in [0.15, 0.2) is 11.8 Å². The number of likely N-dealkylation sites (tertiary alicyclic amines) is 1. The molecule has 2 rings (SSSR count). The molecule has 160 valence electrons. The average molecular weight is 413 g/mol. The fraction of sp³-hybridized carbons (Fsp3) is 0.842. The Balaban J connectivity index is 1.88. The molecule has 0 unspecified atom stereocenters. The number of hydrogen-bond donors (Lipinski definition) is 1. The molecule has 8 nitrogen and oxygen atoms in total. The number of piperidine rings is 1. The number of ether oxygens (including phenoxy) is 2. The molecule has 0 bridgehead atoms. The average Bonchev–Trinajstić information content (AvgIpc) is 3.03. The second kappa shape index (κ2) is 13.0. The van der Waals surface area contributed by atoms with E-state index in [1.807, 2.05) is 30.3 Å². The minimum Gasteiger partial charge on any atom is -0.385 e. The van der Waals surface area contributed by atoms with Gasteiger partial charge in [0.05, 0.1) is 6.10 Å². The fourth-order valence-electron chi connectivity index (χ4n) is 3.11. The normalized spacial score (nSPS) is 16.0. The van der Waals surface area contributed by atoms with Crippen molar-refractivity contribution in [1.82, 2.24) is 25.0 Å². The zero-order chi connectivity index (χ0) is 20.2. The molecule has 1 fully saturated rings. The Hall–Kier alpha value is -1.32. The van der Waals surface area contributed by atoms with Crippen LogP contribution >= 0.6 is 11.8 Å². The summed E-state index contributed by atoms with van der Waals surface area (Å²) in [6.07, 6.45) is 6.62. The van der Waals surface area contributed by atoms with Crippen molar-refractivity contribution >= 4 is 17.7 Å². The van der Waals surface area contributed by atoms with E-state index in [1.165, 1.54) is 0 Å². The number of aryl methyl sites for hydroxylation is 1. The van der Waals surface area contributed by atoms with Gasteiger partial charge in [-0.2, -0.15) is 11.8 Å². The second-order valence-electron chi connectivity index (χ2n) is 7.04. The summed E-state index contributed by atoms with van der Waals surface area (Å²) in [7, 11) is 3.71. The molecule has 28 heavy (non-hydrogen) atoms. The predicted octanol–water partition coefficient (Wildman–Crippen LogP) is 1.84. The highest BCUT2D eigenvalue weighted by Crippen LogP contribution is 2.14. The van der Waals surface area contributed by atoms with Crippen LogP contribution in [0.15, 0.2) is 4.99 Å². The molecule has 0 radical (unpaired) electrons. The number of nitrogens with one attached hydrogen (secondary N) is 1. The molecule has 1 aromatic heterocycles. The van der Waals surface area contributed by atoms with Gasteiger partial charge in [-0.1, -0.05) is 0 Å². The number of methoxy groups -OCH3 is 1. The minimum atomic E-state index is 0.340. The molecule has 0 spiro atoms. The first-order chi connectivity index (χ1) is 13.7. The van der Waals surface area contributed by atoms with Crippen molar-refractivity contribution in [2.45, 2.75) is 45.3 Å². The second-order valence-corrected chi connectivity index (χ2v) is 8.02. The maximum atomic E-state index is 5.98. The number of hydrogen-bond acceptors (Lipinski definition) is 6. The molecule has 1 N–H and O–H groups in total. The van der Waals surface area contributed by atoms with Crippen LogP contribution in [-0.4, -0.2) is 83.7 Å². The van der Waals surface area contributed by atoms with Gasteiger partial charge in [-0.15, -0.1) is 10.2 Å². The van der Waals surface area contributed by atoms with Gasteiger partial charge < -0.3 is 24.3 Å². The van der Waals surface area contributed by atoms with E-state index in [0.29, 0.717) is 12.6 Å². The summed E-state index contributed by atoms with van der Waals surface area (Å²) in [5, 5.41) is 11.9. The lowest BCUT2D eigenvalue weighted by molar-refractivity contribution is 0.00988. The van der Waals surface area contributed by atoms with Crippen LogP contribution in [0.2, 0.25) is 0 Å². The maximum absolute atomic E-state index is 5.98. The number of nitrogens with zero attached hydrogens (tertiary/aromatic N) is 5. The van der Waals surface area contributed by atoms with Gasteiger partial charge in [0, 0.05) is 47.0 Å². The molecule has 1 saturated heterocycles. The minimum absolute atomic E-state index is 0.340. The molecule has 0 amide bonds. The standard InChI is InChI=1S/C19H36N6O2S/c1-16-22-23-18(24(16)2)15-21-19(20-9-5-14-28-4)25-10-7-17(8-11-25)27-13-6-12-26-3/h17H,5-15H2,1-4H3,(H,20,21). The van der Waals surface area contributed by atoms with E-state index in [2.05, 4.69) is 26.7 Å². The lowest BCUT2D eigenvalue weighted by atomic mass is 10.1. The largest absolute Gasteiger partial charge is 0.385 e. The number of guanidine groups is 1. The first-order valence-corrected chi connectivity index (χ1v) is 11.5. The van der Waals surface area contributed by atoms with E-state index >= 15 is 0 Å². The van der Waals surface area contributed by atoms with Crippen molar-refractivity contribution in [3.05, 3.63) is 11.6 Å². The Morgan fingerprint density at radius 1 is 1.25 bits per heavy atom. The molecule has 9 heteroatoms. The van der Waals surface area contributed by atoms with Crippen molar-refractivity contribution in [2.24, 2.45) is 12.0 Å². The molecule has 0 atom stereocenters. The highest BCUT2D eigenvalue weighted by Gasteiger charge is 2.22. The summed E-state index contributed by atoms with van der Waals surface area (Å²) in [6.45, 7) is 6.89. The lowest BCUT2D eigenvalue weighted by Gasteiger charge is -2.34. The Morgan fingerprint density at radius 2 is 2.04 bits per heavy atom. The third-order valence-corrected chi connectivity index (χ3v) is 5.65. The van der Waals surface area contributed by atoms with Crippen LogP contribution in [0.1, 0.15) is 37.3 Å². The van der Waals surface area contributed by atoms with E-state index < -0.39 is 0 Å². The van der Waals surface area contributed by atoms with Crippen LogP contribution in [0, 0.1) is 6.92 Å². The highest BCUT2D eigenvalue weighted by molar-refractivity contribution is 7.98. The number of rotatable bonds is 11. The highest BCUT2D eigenvalue weighted by atomic mass is 32.2. The van der Waals surface area contributed by atoms with Crippen molar-refractivity contribution < 1.29 is 9.47 Å². The number of aliphatic imine (C=N–C) groups is 1. The summed E-state index contributed by atoms with van der Waals surface area (Å²) < 4.78 is 13.1. The van der Waals surface area contributed by atoms with E-state index in [0.717, 1.165) is 81.9 Å². The molecular weight excluding hydrogens is 376 g/mol. The first-order valence-electron chi connectivity index (χ1n) is 10.1. The monoisotopic (exact) mass is 412 g/mol. The van der Waals surface area contributed by atoms with Crippen LogP contribution in [0.3, 0.4) is 0 Å². The van der Waals surface area contributed by atoms with Crippen molar-refractivity contribution in [2.75, 3.05) is 52.0 Å². The Kier molecular flexibility index (Phi) is 10.7. The van der Waals surface area contributed by atoms with Gasteiger partial charge in [0.1, 0.15) is 12.4 Å². The van der Waals surface area contributed by atoms with Gasteiger partial charge in [0.25, 0.3) is 0 Å². The summed E-state index contributed by atoms with van der Waals surface area (Å²) in [5.41, 5.74) is 0. The Labute approximate surface area is 173 Å². The maximum Gasteiger partial charge on any atom is 0.194 e. The lowest BCUT2D eigenvalue weighted by Crippen LogP contribution is -2.47. The molecule has 1 aliphatic rings. The van der Waals surface area contributed by atoms with Gasteiger partial charge in [0.2, 0.25) is 0 Å². The van der Waals surface area contributed by atoms with E-state index in [4.69, 9.17) is 14.5 Å². The first kappa shape index (κ1) is 23.0. The molecule has 2 heterocycles.